The maximum absolute atomic E-state index is 12.9. The van der Waals surface area contributed by atoms with Gasteiger partial charge in [-0.15, -0.1) is 0 Å². The molecular formula is C29H29N3O4. The highest BCUT2D eigenvalue weighted by molar-refractivity contribution is 6.00. The van der Waals surface area contributed by atoms with E-state index >= 15 is 0 Å². The number of para-hydroxylation sites is 3. The van der Waals surface area contributed by atoms with Gasteiger partial charge < -0.3 is 24.7 Å². The average Bonchev–Trinajstić information content (AvgIpc) is 3.33. The molecule has 1 aliphatic heterocycles. The van der Waals surface area contributed by atoms with E-state index < -0.39 is 6.10 Å². The minimum absolute atomic E-state index is 0.0539. The van der Waals surface area contributed by atoms with Crippen molar-refractivity contribution in [2.45, 2.75) is 25.4 Å². The van der Waals surface area contributed by atoms with Gasteiger partial charge in [0, 0.05) is 42.5 Å². The summed E-state index contributed by atoms with van der Waals surface area (Å²) in [5.74, 6) is 1.13. The molecular weight excluding hydrogens is 454 g/mol. The van der Waals surface area contributed by atoms with Gasteiger partial charge in [0.25, 0.3) is 5.91 Å². The summed E-state index contributed by atoms with van der Waals surface area (Å²) in [6, 6.07) is 23.5. The van der Waals surface area contributed by atoms with Gasteiger partial charge in [-0.1, -0.05) is 42.5 Å². The van der Waals surface area contributed by atoms with Crippen LogP contribution in [0.25, 0.3) is 10.9 Å². The Morgan fingerprint density at radius 1 is 1.08 bits per heavy atom. The van der Waals surface area contributed by atoms with Gasteiger partial charge in [0.1, 0.15) is 11.5 Å². The number of hydrogen-bond acceptors (Lipinski definition) is 4. The number of rotatable bonds is 8. The van der Waals surface area contributed by atoms with Crippen LogP contribution >= 0.6 is 0 Å². The van der Waals surface area contributed by atoms with E-state index in [2.05, 4.69) is 16.4 Å². The molecule has 36 heavy (non-hydrogen) atoms. The van der Waals surface area contributed by atoms with Gasteiger partial charge >= 0.3 is 0 Å². The quantitative estimate of drug-likeness (QED) is 0.383. The van der Waals surface area contributed by atoms with Gasteiger partial charge in [-0.3, -0.25) is 9.59 Å². The Morgan fingerprint density at radius 3 is 2.64 bits per heavy atom. The smallest absolute Gasteiger partial charge is 0.267 e. The van der Waals surface area contributed by atoms with E-state index in [1.54, 1.807) is 18.9 Å². The lowest BCUT2D eigenvalue weighted by molar-refractivity contribution is -0.125. The lowest BCUT2D eigenvalue weighted by atomic mass is 9.90. The molecule has 0 spiro atoms. The molecule has 2 atom stereocenters. The third-order valence-electron chi connectivity index (χ3n) is 6.65. The summed E-state index contributed by atoms with van der Waals surface area (Å²) in [5.41, 5.74) is 3.94. The van der Waals surface area contributed by atoms with Gasteiger partial charge in [0.15, 0.2) is 6.10 Å². The third kappa shape index (κ3) is 4.64. The number of amides is 2. The molecule has 1 aromatic heterocycles. The second kappa shape index (κ2) is 10.2. The number of nitrogens with zero attached hydrogens (tertiary/aromatic N) is 1. The van der Waals surface area contributed by atoms with Crippen LogP contribution in [0.5, 0.6) is 11.5 Å². The van der Waals surface area contributed by atoms with Crippen LogP contribution in [-0.2, 0) is 9.59 Å². The number of carbonyl (C=O) groups excluding carboxylic acids is 2. The van der Waals surface area contributed by atoms with Crippen molar-refractivity contribution in [3.63, 3.8) is 0 Å². The van der Waals surface area contributed by atoms with E-state index in [9.17, 15) is 9.59 Å². The number of hydrogen-bond donors (Lipinski definition) is 2. The first-order valence-electron chi connectivity index (χ1n) is 12.1. The monoisotopic (exact) mass is 483 g/mol. The van der Waals surface area contributed by atoms with E-state index in [0.717, 1.165) is 27.8 Å². The number of nitrogens with one attached hydrogen (secondary N) is 2. The van der Waals surface area contributed by atoms with Crippen molar-refractivity contribution in [3.05, 3.63) is 90.1 Å². The number of aromatic amines is 1. The summed E-state index contributed by atoms with van der Waals surface area (Å²) < 4.78 is 11.0. The van der Waals surface area contributed by atoms with Crippen molar-refractivity contribution in [2.75, 3.05) is 25.1 Å². The Labute approximate surface area is 210 Å². The SMILES string of the molecule is COc1ccc([C@@H](CNC(=O)CCN2C(=O)[C@@H](C)Oc3ccccc32)c2c[nH]c3ccccc23)cc1. The molecule has 0 bridgehead atoms. The predicted octanol–water partition coefficient (Wildman–Crippen LogP) is 4.63. The first-order valence-corrected chi connectivity index (χ1v) is 12.1. The maximum atomic E-state index is 12.9. The molecule has 0 aliphatic carbocycles. The summed E-state index contributed by atoms with van der Waals surface area (Å²) >= 11 is 0. The van der Waals surface area contributed by atoms with Crippen LogP contribution in [0.1, 0.15) is 30.4 Å². The van der Waals surface area contributed by atoms with Crippen LogP contribution in [0.15, 0.2) is 79.0 Å². The lowest BCUT2D eigenvalue weighted by Gasteiger charge is -2.32. The standard InChI is InChI=1S/C29H29N3O4/c1-19-29(34)32(26-9-5-6-10-27(26)36-19)16-15-28(33)31-17-23(20-11-13-21(35-2)14-12-20)24-18-30-25-8-4-3-7-22(24)25/h3-14,18-19,23,30H,15-17H2,1-2H3,(H,31,33)/t19-,23-/m1/s1. The van der Waals surface area contributed by atoms with E-state index in [1.165, 1.54) is 0 Å². The largest absolute Gasteiger partial charge is 0.497 e. The Morgan fingerprint density at radius 2 is 1.83 bits per heavy atom. The molecule has 0 unspecified atom stereocenters. The summed E-state index contributed by atoms with van der Waals surface area (Å²) in [6.45, 7) is 2.44. The van der Waals surface area contributed by atoms with Crippen molar-refractivity contribution < 1.29 is 19.1 Å². The van der Waals surface area contributed by atoms with E-state index in [-0.39, 0.29) is 30.7 Å². The van der Waals surface area contributed by atoms with Gasteiger partial charge in [-0.05, 0) is 48.4 Å². The highest BCUT2D eigenvalue weighted by Crippen LogP contribution is 2.34. The minimum atomic E-state index is -0.579. The summed E-state index contributed by atoms with van der Waals surface area (Å²) in [5, 5.41) is 4.22. The van der Waals surface area contributed by atoms with Crippen LogP contribution < -0.4 is 19.7 Å². The zero-order valence-corrected chi connectivity index (χ0v) is 20.4. The summed E-state index contributed by atoms with van der Waals surface area (Å²) in [4.78, 5) is 30.7. The number of H-pyrrole nitrogens is 1. The lowest BCUT2D eigenvalue weighted by Crippen LogP contribution is -2.46. The van der Waals surface area contributed by atoms with E-state index in [0.29, 0.717) is 18.0 Å². The van der Waals surface area contributed by atoms with Crippen LogP contribution in [0, 0.1) is 0 Å². The molecule has 0 radical (unpaired) electrons. The van der Waals surface area contributed by atoms with Gasteiger partial charge in [0.05, 0.1) is 12.8 Å². The molecule has 7 heteroatoms. The molecule has 1 aliphatic rings. The highest BCUT2D eigenvalue weighted by Gasteiger charge is 2.31. The fraction of sp³-hybridized carbons (Fsp3) is 0.241. The molecule has 4 aromatic rings. The molecule has 2 N–H and O–H groups in total. The molecule has 2 amide bonds. The topological polar surface area (TPSA) is 83.7 Å². The fourth-order valence-electron chi connectivity index (χ4n) is 4.73. The Bertz CT molecular complexity index is 1380. The van der Waals surface area contributed by atoms with Crippen LogP contribution in [0.4, 0.5) is 5.69 Å². The van der Waals surface area contributed by atoms with Crippen LogP contribution in [0.2, 0.25) is 0 Å². The zero-order valence-electron chi connectivity index (χ0n) is 20.4. The highest BCUT2D eigenvalue weighted by atomic mass is 16.5. The molecule has 2 heterocycles. The first-order chi connectivity index (χ1) is 17.5. The first kappa shape index (κ1) is 23.5. The van der Waals surface area contributed by atoms with E-state index in [4.69, 9.17) is 9.47 Å². The average molecular weight is 484 g/mol. The summed E-state index contributed by atoms with van der Waals surface area (Å²) in [6.07, 6.45) is 1.62. The Hall–Kier alpha value is -4.26. The number of benzene rings is 3. The second-order valence-corrected chi connectivity index (χ2v) is 8.89. The van der Waals surface area contributed by atoms with Crippen molar-refractivity contribution in [2.24, 2.45) is 0 Å². The molecule has 3 aromatic carbocycles. The maximum Gasteiger partial charge on any atom is 0.267 e. The number of methoxy groups -OCH3 is 1. The molecule has 0 fully saturated rings. The van der Waals surface area contributed by atoms with Crippen molar-refractivity contribution in [1.82, 2.24) is 10.3 Å². The number of fused-ring (bicyclic) bond motifs is 2. The van der Waals surface area contributed by atoms with Crippen molar-refractivity contribution in [1.29, 1.82) is 0 Å². The van der Waals surface area contributed by atoms with Crippen LogP contribution in [0.3, 0.4) is 0 Å². The fourth-order valence-corrected chi connectivity index (χ4v) is 4.73. The van der Waals surface area contributed by atoms with Crippen LogP contribution in [-0.4, -0.2) is 43.1 Å². The Balaban J connectivity index is 1.31. The molecule has 184 valence electrons. The number of ether oxygens (including phenoxy) is 2. The molecule has 0 saturated carbocycles. The van der Waals surface area contributed by atoms with Crippen molar-refractivity contribution >= 4 is 28.4 Å². The molecule has 0 saturated heterocycles. The molecule has 7 nitrogen and oxygen atoms in total. The van der Waals surface area contributed by atoms with Gasteiger partial charge in [-0.25, -0.2) is 0 Å². The normalized spacial score (nSPS) is 15.8. The number of anilines is 1. The second-order valence-electron chi connectivity index (χ2n) is 8.89. The van der Waals surface area contributed by atoms with E-state index in [1.807, 2.05) is 72.9 Å². The number of carbonyl (C=O) groups is 2. The van der Waals surface area contributed by atoms with Gasteiger partial charge in [-0.2, -0.15) is 0 Å². The summed E-state index contributed by atoms with van der Waals surface area (Å²) in [7, 11) is 1.64. The zero-order chi connectivity index (χ0) is 25.1. The third-order valence-corrected chi connectivity index (χ3v) is 6.65. The van der Waals surface area contributed by atoms with Crippen molar-refractivity contribution in [3.8, 4) is 11.5 Å². The predicted molar refractivity (Wildman–Crippen MR) is 140 cm³/mol. The van der Waals surface area contributed by atoms with Gasteiger partial charge in [0.2, 0.25) is 5.91 Å². The number of aromatic nitrogens is 1. The molecule has 5 rings (SSSR count). The Kier molecular flexibility index (Phi) is 6.62. The minimum Gasteiger partial charge on any atom is -0.497 e.